The molecule has 2 aromatic rings. The minimum absolute atomic E-state index is 0.110. The van der Waals surface area contributed by atoms with Gasteiger partial charge in [0.2, 0.25) is 0 Å². The third-order valence-electron chi connectivity index (χ3n) is 7.04. The molecule has 0 spiro atoms. The van der Waals surface area contributed by atoms with Crippen molar-refractivity contribution in [3.05, 3.63) is 48.3 Å². The Bertz CT molecular complexity index is 1280. The van der Waals surface area contributed by atoms with Gasteiger partial charge >= 0.3 is 12.7 Å². The molecule has 0 saturated heterocycles. The SMILES string of the molecule is O=C(COc1ccc(OC(F)(F)F)c(F)c1)NC12CCC(NC(=O)COc3ccc(OC(F)(F)F)cc3)(CC1)[C@@H](O)C2. The van der Waals surface area contributed by atoms with Gasteiger partial charge in [-0.3, -0.25) is 9.59 Å². The van der Waals surface area contributed by atoms with Crippen LogP contribution in [-0.4, -0.2) is 60.0 Å². The van der Waals surface area contributed by atoms with Crippen LogP contribution in [0.25, 0.3) is 0 Å². The first-order valence-corrected chi connectivity index (χ1v) is 12.5. The largest absolute Gasteiger partial charge is 0.573 e. The Labute approximate surface area is 233 Å². The second kappa shape index (κ2) is 11.7. The van der Waals surface area contributed by atoms with E-state index >= 15 is 0 Å². The monoisotopic (exact) mass is 610 g/mol. The van der Waals surface area contributed by atoms with E-state index in [2.05, 4.69) is 20.1 Å². The third kappa shape index (κ3) is 8.08. The number of ether oxygens (including phenoxy) is 4. The maximum Gasteiger partial charge on any atom is 0.573 e. The summed E-state index contributed by atoms with van der Waals surface area (Å²) in [5, 5.41) is 16.4. The van der Waals surface area contributed by atoms with Gasteiger partial charge in [0.25, 0.3) is 11.8 Å². The van der Waals surface area contributed by atoms with Crippen LogP contribution >= 0.6 is 0 Å². The molecule has 0 aromatic heterocycles. The molecular weight excluding hydrogens is 585 g/mol. The highest BCUT2D eigenvalue weighted by Crippen LogP contribution is 2.47. The van der Waals surface area contributed by atoms with Crippen molar-refractivity contribution in [2.24, 2.45) is 0 Å². The molecule has 3 fully saturated rings. The fraction of sp³-hybridized carbons (Fsp3) is 0.462. The van der Waals surface area contributed by atoms with Crippen molar-refractivity contribution in [2.45, 2.75) is 62.0 Å². The highest BCUT2D eigenvalue weighted by molar-refractivity contribution is 5.79. The summed E-state index contributed by atoms with van der Waals surface area (Å²) in [6.07, 6.45) is -9.41. The smallest absolute Gasteiger partial charge is 0.484 e. The van der Waals surface area contributed by atoms with Crippen LogP contribution < -0.4 is 29.6 Å². The Morgan fingerprint density at radius 2 is 1.31 bits per heavy atom. The molecule has 3 aliphatic carbocycles. The molecule has 0 heterocycles. The first-order chi connectivity index (χ1) is 19.6. The maximum absolute atomic E-state index is 13.9. The first kappa shape index (κ1) is 31.0. The lowest BCUT2D eigenvalue weighted by molar-refractivity contribution is -0.276. The molecule has 2 amide bonds. The number of alkyl halides is 6. The fourth-order valence-electron chi connectivity index (χ4n) is 5.12. The second-order valence-corrected chi connectivity index (χ2v) is 9.99. The zero-order valence-corrected chi connectivity index (χ0v) is 21.6. The molecular formula is C26H25F7N2O7. The molecule has 3 aliphatic rings. The van der Waals surface area contributed by atoms with E-state index in [1.54, 1.807) is 0 Å². The lowest BCUT2D eigenvalue weighted by atomic mass is 9.60. The molecule has 230 valence electrons. The van der Waals surface area contributed by atoms with Crippen molar-refractivity contribution >= 4 is 11.8 Å². The molecule has 2 aromatic carbocycles. The topological polar surface area (TPSA) is 115 Å². The first-order valence-electron chi connectivity index (χ1n) is 12.5. The Morgan fingerprint density at radius 1 is 0.786 bits per heavy atom. The summed E-state index contributed by atoms with van der Waals surface area (Å²) < 4.78 is 105. The molecule has 2 bridgehead atoms. The zero-order valence-electron chi connectivity index (χ0n) is 21.6. The van der Waals surface area contributed by atoms with Crippen LogP contribution in [0.3, 0.4) is 0 Å². The lowest BCUT2D eigenvalue weighted by Crippen LogP contribution is -2.70. The summed E-state index contributed by atoms with van der Waals surface area (Å²) in [5.74, 6) is -4.06. The number of hydrogen-bond donors (Lipinski definition) is 3. The summed E-state index contributed by atoms with van der Waals surface area (Å²) in [4.78, 5) is 25.1. The van der Waals surface area contributed by atoms with Gasteiger partial charge < -0.3 is 34.7 Å². The Hall–Kier alpha value is -3.95. The zero-order chi connectivity index (χ0) is 30.8. The second-order valence-electron chi connectivity index (χ2n) is 9.99. The Balaban J connectivity index is 1.24. The van der Waals surface area contributed by atoms with Crippen LogP contribution in [0.2, 0.25) is 0 Å². The van der Waals surface area contributed by atoms with E-state index in [0.717, 1.165) is 24.3 Å². The van der Waals surface area contributed by atoms with Crippen LogP contribution in [-0.2, 0) is 9.59 Å². The quantitative estimate of drug-likeness (QED) is 0.347. The average Bonchev–Trinajstić information content (AvgIpc) is 2.88. The van der Waals surface area contributed by atoms with E-state index in [-0.39, 0.29) is 17.9 Å². The van der Waals surface area contributed by atoms with Gasteiger partial charge in [-0.1, -0.05) is 0 Å². The minimum atomic E-state index is -5.07. The summed E-state index contributed by atoms with van der Waals surface area (Å²) >= 11 is 0. The van der Waals surface area contributed by atoms with E-state index in [0.29, 0.717) is 31.7 Å². The lowest BCUT2D eigenvalue weighted by Gasteiger charge is -2.56. The van der Waals surface area contributed by atoms with E-state index in [1.165, 1.54) is 12.1 Å². The van der Waals surface area contributed by atoms with E-state index in [1.807, 2.05) is 0 Å². The summed E-state index contributed by atoms with van der Waals surface area (Å²) in [5.41, 5.74) is -1.76. The van der Waals surface area contributed by atoms with Gasteiger partial charge in [-0.05, 0) is 68.5 Å². The number of hydrogen-bond acceptors (Lipinski definition) is 7. The van der Waals surface area contributed by atoms with Gasteiger partial charge in [0.1, 0.15) is 17.2 Å². The van der Waals surface area contributed by atoms with Crippen molar-refractivity contribution in [3.63, 3.8) is 0 Å². The molecule has 1 atom stereocenters. The number of amides is 2. The van der Waals surface area contributed by atoms with Crippen LogP contribution in [0.4, 0.5) is 30.7 Å². The number of halogens is 7. The van der Waals surface area contributed by atoms with E-state index in [9.17, 15) is 45.4 Å². The predicted octanol–water partition coefficient (Wildman–Crippen LogP) is 4.13. The molecule has 3 N–H and O–H groups in total. The number of carbonyl (C=O) groups excluding carboxylic acids is 2. The summed E-state index contributed by atoms with van der Waals surface area (Å²) in [7, 11) is 0. The summed E-state index contributed by atoms with van der Waals surface area (Å²) in [6, 6.07) is 6.86. The molecule has 3 saturated carbocycles. The van der Waals surface area contributed by atoms with Crippen molar-refractivity contribution in [3.8, 4) is 23.0 Å². The van der Waals surface area contributed by atoms with Crippen molar-refractivity contribution in [2.75, 3.05) is 13.2 Å². The standard InChI is InChI=1S/C26H25F7N2O7/c27-18-11-17(5-6-19(18)42-26(31,32)33)40-13-21(37)34-23-7-9-24(10-8-23,20(36)12-23)35-22(38)14-39-15-1-3-16(4-2-15)41-25(28,29)30/h1-6,11,20,36H,7-10,12-14H2,(H,34,37)(H,35,38)/t20-,23?,24?/m0/s1. The Morgan fingerprint density at radius 3 is 1.86 bits per heavy atom. The van der Waals surface area contributed by atoms with E-state index < -0.39 is 72.3 Å². The van der Waals surface area contributed by atoms with Gasteiger partial charge in [-0.25, -0.2) is 4.39 Å². The van der Waals surface area contributed by atoms with Gasteiger partial charge in [0, 0.05) is 11.6 Å². The minimum Gasteiger partial charge on any atom is -0.484 e. The number of rotatable bonds is 10. The molecule has 42 heavy (non-hydrogen) atoms. The number of benzene rings is 2. The van der Waals surface area contributed by atoms with E-state index in [4.69, 9.17) is 9.47 Å². The molecule has 0 radical (unpaired) electrons. The van der Waals surface area contributed by atoms with Crippen LogP contribution in [0.15, 0.2) is 42.5 Å². The van der Waals surface area contributed by atoms with Crippen LogP contribution in [0.5, 0.6) is 23.0 Å². The molecule has 0 unspecified atom stereocenters. The fourth-order valence-corrected chi connectivity index (χ4v) is 5.12. The average molecular weight is 610 g/mol. The van der Waals surface area contributed by atoms with Gasteiger partial charge in [-0.2, -0.15) is 0 Å². The number of nitrogens with one attached hydrogen (secondary N) is 2. The molecule has 0 aliphatic heterocycles. The van der Waals surface area contributed by atoms with Crippen LogP contribution in [0, 0.1) is 5.82 Å². The highest BCUT2D eigenvalue weighted by atomic mass is 19.4. The van der Waals surface area contributed by atoms with Gasteiger partial charge in [0.05, 0.1) is 11.6 Å². The Kier molecular flexibility index (Phi) is 8.66. The van der Waals surface area contributed by atoms with Crippen molar-refractivity contribution < 1.29 is 64.4 Å². The maximum atomic E-state index is 13.9. The normalized spacial score (nSPS) is 23.6. The predicted molar refractivity (Wildman–Crippen MR) is 128 cm³/mol. The summed E-state index contributed by atoms with van der Waals surface area (Å²) in [6.45, 7) is -1.03. The van der Waals surface area contributed by atoms with Gasteiger partial charge in [-0.15, -0.1) is 26.3 Å². The third-order valence-corrected chi connectivity index (χ3v) is 7.04. The number of carbonyl (C=O) groups is 2. The highest BCUT2D eigenvalue weighted by Gasteiger charge is 2.55. The number of aliphatic hydroxyl groups excluding tert-OH is 1. The van der Waals surface area contributed by atoms with Crippen molar-refractivity contribution in [1.82, 2.24) is 10.6 Å². The molecule has 5 rings (SSSR count). The van der Waals surface area contributed by atoms with Gasteiger partial charge in [0.15, 0.2) is 24.8 Å². The molecule has 9 nitrogen and oxygen atoms in total. The number of aliphatic hydroxyl groups is 1. The van der Waals surface area contributed by atoms with Crippen molar-refractivity contribution in [1.29, 1.82) is 0 Å². The molecule has 16 heteroatoms. The van der Waals surface area contributed by atoms with Crippen LogP contribution in [0.1, 0.15) is 32.1 Å². The number of fused-ring (bicyclic) bond motifs is 3.